The zero-order chi connectivity index (χ0) is 43.0. The molecule has 1 aromatic carbocycles. The molecule has 0 fully saturated rings. The number of H-pyrrole nitrogens is 1. The molecule has 0 aliphatic heterocycles. The fraction of sp³-hybridized carbons (Fsp3) is 0.514. The normalized spacial score (nSPS) is 14.8. The molecule has 0 spiro atoms. The van der Waals surface area contributed by atoms with Crippen molar-refractivity contribution in [2.45, 2.75) is 102 Å². The van der Waals surface area contributed by atoms with Crippen LogP contribution < -0.4 is 43.8 Å². The van der Waals surface area contributed by atoms with Crippen molar-refractivity contribution in [3.8, 4) is 0 Å². The van der Waals surface area contributed by atoms with E-state index in [1.807, 2.05) is 0 Å². The summed E-state index contributed by atoms with van der Waals surface area (Å²) in [7, 11) is 0. The highest BCUT2D eigenvalue weighted by Crippen LogP contribution is 2.20. The topological polar surface area (TPSA) is 384 Å². The summed E-state index contributed by atoms with van der Waals surface area (Å²) in [5, 5.41) is 51.2. The highest BCUT2D eigenvalue weighted by Gasteiger charge is 2.35. The summed E-state index contributed by atoms with van der Waals surface area (Å²) in [6.07, 6.45) is -2.22. The smallest absolute Gasteiger partial charge is 0.326 e. The van der Waals surface area contributed by atoms with Crippen LogP contribution >= 0.6 is 0 Å². The van der Waals surface area contributed by atoms with Gasteiger partial charge in [-0.1, -0.05) is 32.0 Å². The first kappa shape index (κ1) is 46.9. The number of rotatable bonds is 24. The number of nitrogens with two attached hydrogens (primary N) is 3. The van der Waals surface area contributed by atoms with Crippen LogP contribution in [-0.4, -0.2) is 128 Å². The molecule has 5 amide bonds. The summed E-state index contributed by atoms with van der Waals surface area (Å²) in [5.41, 5.74) is 17.6. The van der Waals surface area contributed by atoms with Gasteiger partial charge in [-0.15, -0.1) is 0 Å². The molecule has 0 saturated carbocycles. The molecule has 2 rings (SSSR count). The van der Waals surface area contributed by atoms with E-state index >= 15 is 0 Å². The molecule has 0 radical (unpaired) electrons. The molecule has 314 valence electrons. The van der Waals surface area contributed by atoms with Crippen molar-refractivity contribution in [1.29, 1.82) is 0 Å². The van der Waals surface area contributed by atoms with Gasteiger partial charge in [0.15, 0.2) is 5.96 Å². The number of hydrogen-bond donors (Lipinski definition) is 13. The Kier molecular flexibility index (Phi) is 18.3. The Morgan fingerprint density at radius 2 is 1.30 bits per heavy atom. The number of aromatic amines is 1. The van der Waals surface area contributed by atoms with E-state index in [4.69, 9.17) is 22.3 Å². The number of carboxylic acid groups (broad SMARTS) is 3. The minimum Gasteiger partial charge on any atom is -0.481 e. The van der Waals surface area contributed by atoms with Crippen LogP contribution in [-0.2, 0) is 44.8 Å². The van der Waals surface area contributed by atoms with E-state index < -0.39 is 115 Å². The van der Waals surface area contributed by atoms with Gasteiger partial charge in [0, 0.05) is 36.5 Å². The molecule has 1 heterocycles. The Labute approximate surface area is 326 Å². The number of guanidine groups is 1. The third-order valence-corrected chi connectivity index (χ3v) is 8.61. The second-order valence-corrected chi connectivity index (χ2v) is 13.6. The van der Waals surface area contributed by atoms with Gasteiger partial charge < -0.3 is 69.2 Å². The van der Waals surface area contributed by atoms with E-state index in [0.29, 0.717) is 16.5 Å². The van der Waals surface area contributed by atoms with Gasteiger partial charge in [0.25, 0.3) is 0 Å². The third kappa shape index (κ3) is 15.4. The standard InChI is InChI=1S/C35H52N10O12/c1-16(2)27(34(56)57)44-32(54)24(13-18-15-40-21-8-5-4-7-19(18)21)43-33(55)28(17(3)46)45-31(53)23(10-11-25(47)48)42-30(52)22(9-6-12-39-35(37)38)41-29(51)20(36)14-26(49)50/h4-5,7-8,15-17,20,22-24,27-28,40,46H,6,9-14,36H2,1-3H3,(H,41,51)(H,42,52)(H,43,55)(H,44,54)(H,45,53)(H,47,48)(H,49,50)(H,56,57)(H4,37,38,39)/t17-,20+,22+,23+,24+,27+,28+/m1/s1. The lowest BCUT2D eigenvalue weighted by atomic mass is 10.0. The zero-order valence-corrected chi connectivity index (χ0v) is 31.7. The molecule has 0 saturated heterocycles. The molecule has 0 bridgehead atoms. The minimum absolute atomic E-state index is 0.00499. The van der Waals surface area contributed by atoms with Gasteiger partial charge in [-0.2, -0.15) is 0 Å². The van der Waals surface area contributed by atoms with Gasteiger partial charge in [-0.05, 0) is 43.7 Å². The molecular formula is C35H52N10O12. The maximum Gasteiger partial charge on any atom is 0.326 e. The number of nitrogens with zero attached hydrogens (tertiary/aromatic N) is 1. The van der Waals surface area contributed by atoms with Gasteiger partial charge in [0.2, 0.25) is 29.5 Å². The van der Waals surface area contributed by atoms with Crippen molar-refractivity contribution < 1.29 is 58.8 Å². The van der Waals surface area contributed by atoms with Crippen molar-refractivity contribution in [3.05, 3.63) is 36.0 Å². The first-order valence-electron chi connectivity index (χ1n) is 17.9. The summed E-state index contributed by atoms with van der Waals surface area (Å²) in [4.78, 5) is 108. The Hall–Kier alpha value is -6.29. The molecule has 7 atom stereocenters. The number of amides is 5. The molecular weight excluding hydrogens is 752 g/mol. The van der Waals surface area contributed by atoms with Crippen molar-refractivity contribution >= 4 is 64.3 Å². The number of hydrogen-bond acceptors (Lipinski definition) is 11. The molecule has 1 aromatic heterocycles. The van der Waals surface area contributed by atoms with Gasteiger partial charge >= 0.3 is 17.9 Å². The molecule has 16 N–H and O–H groups in total. The number of aliphatic imine (C=N–C) groups is 1. The Bertz CT molecular complexity index is 1790. The maximum atomic E-state index is 13.8. The molecule has 2 aromatic rings. The quantitative estimate of drug-likeness (QED) is 0.0285. The number of aliphatic hydroxyl groups is 1. The molecule has 22 nitrogen and oxygen atoms in total. The molecule has 0 aliphatic rings. The lowest BCUT2D eigenvalue weighted by Crippen LogP contribution is -2.61. The van der Waals surface area contributed by atoms with E-state index in [9.17, 15) is 53.7 Å². The number of carbonyl (C=O) groups excluding carboxylic acids is 5. The van der Waals surface area contributed by atoms with Gasteiger partial charge in [0.1, 0.15) is 30.2 Å². The second kappa shape index (κ2) is 22.3. The number of carbonyl (C=O) groups is 8. The van der Waals surface area contributed by atoms with Crippen LogP contribution in [0.1, 0.15) is 58.4 Å². The van der Waals surface area contributed by atoms with Crippen molar-refractivity contribution in [3.63, 3.8) is 0 Å². The highest BCUT2D eigenvalue weighted by molar-refractivity contribution is 5.97. The summed E-state index contributed by atoms with van der Waals surface area (Å²) in [6.45, 7) is 4.29. The number of fused-ring (bicyclic) bond motifs is 1. The van der Waals surface area contributed by atoms with Gasteiger partial charge in [0.05, 0.1) is 18.6 Å². The van der Waals surface area contributed by atoms with Crippen LogP contribution in [0.5, 0.6) is 0 Å². The lowest BCUT2D eigenvalue weighted by molar-refractivity contribution is -0.143. The molecule has 57 heavy (non-hydrogen) atoms. The fourth-order valence-electron chi connectivity index (χ4n) is 5.56. The lowest BCUT2D eigenvalue weighted by Gasteiger charge is -2.28. The SMILES string of the molecule is CC(C)[C@H](NC(=O)[C@H](Cc1c[nH]c2ccccc12)NC(=O)[C@@H](NC(=O)[C@H](CCC(=O)O)NC(=O)[C@H](CCCN=C(N)N)NC(=O)[C@@H](N)CC(=O)O)[C@@H](C)O)C(=O)O. The number of aliphatic hydroxyl groups excluding tert-OH is 1. The zero-order valence-electron chi connectivity index (χ0n) is 31.7. The second-order valence-electron chi connectivity index (χ2n) is 13.6. The van der Waals surface area contributed by atoms with E-state index in [1.165, 1.54) is 0 Å². The Morgan fingerprint density at radius 1 is 0.737 bits per heavy atom. The monoisotopic (exact) mass is 804 g/mol. The average molecular weight is 805 g/mol. The summed E-state index contributed by atoms with van der Waals surface area (Å²) in [6, 6.07) is -2.19. The fourth-order valence-corrected chi connectivity index (χ4v) is 5.56. The summed E-state index contributed by atoms with van der Waals surface area (Å²) < 4.78 is 0. The van der Waals surface area contributed by atoms with Crippen LogP contribution in [0.25, 0.3) is 10.9 Å². The number of carboxylic acids is 3. The third-order valence-electron chi connectivity index (χ3n) is 8.61. The summed E-state index contributed by atoms with van der Waals surface area (Å²) >= 11 is 0. The van der Waals surface area contributed by atoms with Gasteiger partial charge in [-0.25, -0.2) is 4.79 Å². The van der Waals surface area contributed by atoms with Crippen LogP contribution in [0.3, 0.4) is 0 Å². The number of para-hydroxylation sites is 1. The largest absolute Gasteiger partial charge is 0.481 e. The first-order chi connectivity index (χ1) is 26.7. The number of benzene rings is 1. The number of aromatic nitrogens is 1. The van der Waals surface area contributed by atoms with Crippen LogP contribution in [0.4, 0.5) is 0 Å². The highest BCUT2D eigenvalue weighted by atomic mass is 16.4. The average Bonchev–Trinajstić information content (AvgIpc) is 3.53. The molecule has 0 aliphatic carbocycles. The first-order valence-corrected chi connectivity index (χ1v) is 17.9. The molecule has 22 heteroatoms. The maximum absolute atomic E-state index is 13.8. The van der Waals surface area contributed by atoms with E-state index in [-0.39, 0.29) is 31.8 Å². The van der Waals surface area contributed by atoms with Crippen LogP contribution in [0.2, 0.25) is 0 Å². The van der Waals surface area contributed by atoms with E-state index in [2.05, 4.69) is 36.6 Å². The Balaban J connectivity index is 2.39. The van der Waals surface area contributed by atoms with E-state index in [0.717, 1.165) is 6.92 Å². The predicted octanol–water partition coefficient (Wildman–Crippen LogP) is -3.02. The van der Waals surface area contributed by atoms with Crippen molar-refractivity contribution in [2.24, 2.45) is 28.1 Å². The van der Waals surface area contributed by atoms with Gasteiger partial charge in [-0.3, -0.25) is 38.6 Å². The minimum atomic E-state index is -1.80. The molecule has 0 unspecified atom stereocenters. The predicted molar refractivity (Wildman–Crippen MR) is 203 cm³/mol. The van der Waals surface area contributed by atoms with Crippen molar-refractivity contribution in [1.82, 2.24) is 31.6 Å². The Morgan fingerprint density at radius 3 is 1.88 bits per heavy atom. The van der Waals surface area contributed by atoms with Crippen LogP contribution in [0, 0.1) is 5.92 Å². The number of aliphatic carboxylic acids is 3. The number of nitrogens with one attached hydrogen (secondary N) is 6. The van der Waals surface area contributed by atoms with Crippen LogP contribution in [0.15, 0.2) is 35.5 Å². The van der Waals surface area contributed by atoms with Crippen molar-refractivity contribution in [2.75, 3.05) is 6.54 Å². The van der Waals surface area contributed by atoms with E-state index in [1.54, 1.807) is 44.3 Å². The summed E-state index contributed by atoms with van der Waals surface area (Å²) in [5.74, 6) is -10.0.